The van der Waals surface area contributed by atoms with Gasteiger partial charge in [-0.15, -0.1) is 5.10 Å². The van der Waals surface area contributed by atoms with Crippen molar-refractivity contribution in [2.75, 3.05) is 31.9 Å². The number of amides is 1. The summed E-state index contributed by atoms with van der Waals surface area (Å²) in [6, 6.07) is 10.6. The highest BCUT2D eigenvalue weighted by Crippen LogP contribution is 2.21. The van der Waals surface area contributed by atoms with Crippen LogP contribution in [0.2, 0.25) is 0 Å². The highest BCUT2D eigenvalue weighted by atomic mass is 32.2. The Morgan fingerprint density at radius 3 is 2.96 bits per heavy atom. The zero-order valence-electron chi connectivity index (χ0n) is 14.8. The molecule has 0 aliphatic rings. The average Bonchev–Trinajstić information content (AvgIpc) is 3.17. The van der Waals surface area contributed by atoms with Gasteiger partial charge in [-0.05, 0) is 47.0 Å². The third-order valence-electron chi connectivity index (χ3n) is 3.51. The van der Waals surface area contributed by atoms with Crippen LogP contribution in [-0.4, -0.2) is 57.7 Å². The van der Waals surface area contributed by atoms with Crippen LogP contribution in [0.1, 0.15) is 10.4 Å². The van der Waals surface area contributed by atoms with Gasteiger partial charge in [-0.1, -0.05) is 17.8 Å². The number of methoxy groups -OCH3 is 1. The van der Waals surface area contributed by atoms with E-state index in [1.807, 2.05) is 18.4 Å². The van der Waals surface area contributed by atoms with Gasteiger partial charge in [-0.2, -0.15) is 4.68 Å². The Bertz CT molecular complexity index is 917. The van der Waals surface area contributed by atoms with Crippen LogP contribution in [0.5, 0.6) is 5.88 Å². The maximum atomic E-state index is 12.7. The second kappa shape index (κ2) is 9.10. The van der Waals surface area contributed by atoms with Crippen LogP contribution in [0.4, 0.5) is 5.69 Å². The predicted octanol–water partition coefficient (Wildman–Crippen LogP) is 2.06. The first-order valence-electron chi connectivity index (χ1n) is 8.04. The Morgan fingerprint density at radius 2 is 2.15 bits per heavy atom. The van der Waals surface area contributed by atoms with E-state index in [1.165, 1.54) is 11.8 Å². The van der Waals surface area contributed by atoms with Gasteiger partial charge in [0.1, 0.15) is 12.2 Å². The SMILES string of the molecule is COCCOc1ncccc1C(=O)Nc1cccc(-n2nnnc2SC)c1. The van der Waals surface area contributed by atoms with E-state index in [-0.39, 0.29) is 11.8 Å². The van der Waals surface area contributed by atoms with Gasteiger partial charge in [-0.3, -0.25) is 4.79 Å². The summed E-state index contributed by atoms with van der Waals surface area (Å²) in [6.45, 7) is 0.712. The van der Waals surface area contributed by atoms with Gasteiger partial charge in [-0.25, -0.2) is 4.98 Å². The van der Waals surface area contributed by atoms with Crippen molar-refractivity contribution in [1.29, 1.82) is 0 Å². The standard InChI is InChI=1S/C17H18N6O3S/c1-25-9-10-26-16-14(7-4-8-18-16)15(24)19-12-5-3-6-13(11-12)23-17(27-2)20-21-22-23/h3-8,11H,9-10H2,1-2H3,(H,19,24). The van der Waals surface area contributed by atoms with Crippen LogP contribution in [0, 0.1) is 0 Å². The van der Waals surface area contributed by atoms with Gasteiger partial charge in [0, 0.05) is 19.0 Å². The van der Waals surface area contributed by atoms with Gasteiger partial charge in [0.15, 0.2) is 0 Å². The van der Waals surface area contributed by atoms with Crippen LogP contribution in [0.25, 0.3) is 5.69 Å². The molecule has 140 valence electrons. The number of hydrogen-bond donors (Lipinski definition) is 1. The van der Waals surface area contributed by atoms with Gasteiger partial charge < -0.3 is 14.8 Å². The van der Waals surface area contributed by atoms with E-state index in [4.69, 9.17) is 9.47 Å². The maximum Gasteiger partial charge on any atom is 0.261 e. The molecule has 0 saturated carbocycles. The van der Waals surface area contributed by atoms with Crippen molar-refractivity contribution in [2.24, 2.45) is 0 Å². The van der Waals surface area contributed by atoms with Gasteiger partial charge in [0.05, 0.1) is 12.3 Å². The lowest BCUT2D eigenvalue weighted by molar-refractivity contribution is 0.101. The quantitative estimate of drug-likeness (QED) is 0.463. The normalized spacial score (nSPS) is 10.6. The number of nitrogens with one attached hydrogen (secondary N) is 1. The zero-order valence-corrected chi connectivity index (χ0v) is 15.6. The molecule has 2 aromatic heterocycles. The van der Waals surface area contributed by atoms with Crippen LogP contribution in [-0.2, 0) is 4.74 Å². The third-order valence-corrected chi connectivity index (χ3v) is 4.13. The molecule has 9 nitrogen and oxygen atoms in total. The predicted molar refractivity (Wildman–Crippen MR) is 100 cm³/mol. The molecule has 0 saturated heterocycles. The summed E-state index contributed by atoms with van der Waals surface area (Å²) in [4.78, 5) is 16.8. The minimum absolute atomic E-state index is 0.258. The number of aromatic nitrogens is 5. The summed E-state index contributed by atoms with van der Waals surface area (Å²) in [6.07, 6.45) is 3.46. The molecular weight excluding hydrogens is 368 g/mol. The van der Waals surface area contributed by atoms with Crippen molar-refractivity contribution in [1.82, 2.24) is 25.2 Å². The molecule has 0 unspecified atom stereocenters. The van der Waals surface area contributed by atoms with Crippen LogP contribution >= 0.6 is 11.8 Å². The Kier molecular flexibility index (Phi) is 6.34. The van der Waals surface area contributed by atoms with Gasteiger partial charge in [0.25, 0.3) is 5.91 Å². The number of thioether (sulfide) groups is 1. The fourth-order valence-corrected chi connectivity index (χ4v) is 2.72. The number of anilines is 1. The molecule has 0 spiro atoms. The lowest BCUT2D eigenvalue weighted by atomic mass is 10.2. The number of tetrazole rings is 1. The molecule has 0 bridgehead atoms. The second-order valence-corrected chi connectivity index (χ2v) is 6.05. The van der Waals surface area contributed by atoms with E-state index in [0.717, 1.165) is 5.69 Å². The average molecular weight is 386 g/mol. The first-order chi connectivity index (χ1) is 13.2. The molecule has 0 fully saturated rings. The van der Waals surface area contributed by atoms with Gasteiger partial charge in [0.2, 0.25) is 11.0 Å². The van der Waals surface area contributed by atoms with E-state index >= 15 is 0 Å². The first-order valence-corrected chi connectivity index (χ1v) is 9.26. The van der Waals surface area contributed by atoms with Crippen molar-refractivity contribution >= 4 is 23.4 Å². The summed E-state index contributed by atoms with van der Waals surface area (Å²) in [5.41, 5.74) is 1.68. The number of rotatable bonds is 8. The molecule has 10 heteroatoms. The zero-order chi connectivity index (χ0) is 19.1. The number of hydrogen-bond acceptors (Lipinski definition) is 8. The third kappa shape index (κ3) is 4.60. The Morgan fingerprint density at radius 1 is 1.26 bits per heavy atom. The molecule has 1 N–H and O–H groups in total. The van der Waals surface area contributed by atoms with Crippen molar-refractivity contribution in [3.8, 4) is 11.6 Å². The number of nitrogens with zero attached hydrogens (tertiary/aromatic N) is 5. The lowest BCUT2D eigenvalue weighted by Gasteiger charge is -2.11. The number of benzene rings is 1. The summed E-state index contributed by atoms with van der Waals surface area (Å²) in [5, 5.41) is 15.1. The van der Waals surface area contributed by atoms with E-state index < -0.39 is 0 Å². The number of carbonyl (C=O) groups excluding carboxylic acids is 1. The molecular formula is C17H18N6O3S. The highest BCUT2D eigenvalue weighted by Gasteiger charge is 2.15. The minimum atomic E-state index is -0.325. The molecule has 3 rings (SSSR count). The van der Waals surface area contributed by atoms with E-state index in [2.05, 4.69) is 25.8 Å². The minimum Gasteiger partial charge on any atom is -0.475 e. The molecule has 1 amide bonds. The van der Waals surface area contributed by atoms with Crippen molar-refractivity contribution in [3.05, 3.63) is 48.2 Å². The fourth-order valence-electron chi connectivity index (χ4n) is 2.28. The van der Waals surface area contributed by atoms with Crippen molar-refractivity contribution in [2.45, 2.75) is 5.16 Å². The summed E-state index contributed by atoms with van der Waals surface area (Å²) in [7, 11) is 1.58. The molecule has 27 heavy (non-hydrogen) atoms. The van der Waals surface area contributed by atoms with Gasteiger partial charge >= 0.3 is 0 Å². The number of pyridine rings is 1. The van der Waals surface area contributed by atoms with Crippen LogP contribution in [0.15, 0.2) is 47.8 Å². The maximum absolute atomic E-state index is 12.7. The molecule has 3 aromatic rings. The number of carbonyl (C=O) groups is 1. The Balaban J connectivity index is 1.78. The lowest BCUT2D eigenvalue weighted by Crippen LogP contribution is -2.16. The Labute approximate surface area is 160 Å². The van der Waals surface area contributed by atoms with E-state index in [0.29, 0.717) is 29.6 Å². The first kappa shape index (κ1) is 18.8. The highest BCUT2D eigenvalue weighted by molar-refractivity contribution is 7.98. The fraction of sp³-hybridized carbons (Fsp3) is 0.235. The molecule has 1 aromatic carbocycles. The smallest absolute Gasteiger partial charge is 0.261 e. The largest absolute Gasteiger partial charge is 0.475 e. The van der Waals surface area contributed by atoms with Crippen molar-refractivity contribution in [3.63, 3.8) is 0 Å². The van der Waals surface area contributed by atoms with E-state index in [1.54, 1.807) is 42.3 Å². The van der Waals surface area contributed by atoms with Crippen LogP contribution in [0.3, 0.4) is 0 Å². The second-order valence-electron chi connectivity index (χ2n) is 5.28. The monoisotopic (exact) mass is 386 g/mol. The summed E-state index contributed by atoms with van der Waals surface area (Å²) >= 11 is 1.43. The van der Waals surface area contributed by atoms with E-state index in [9.17, 15) is 4.79 Å². The summed E-state index contributed by atoms with van der Waals surface area (Å²) in [5.74, 6) is -0.0668. The molecule has 0 aliphatic carbocycles. The topological polar surface area (TPSA) is 104 Å². The molecule has 0 aliphatic heterocycles. The van der Waals surface area contributed by atoms with Crippen LogP contribution < -0.4 is 10.1 Å². The molecule has 2 heterocycles. The summed E-state index contributed by atoms with van der Waals surface area (Å²) < 4.78 is 12.1. The number of ether oxygens (including phenoxy) is 2. The van der Waals surface area contributed by atoms with Crippen molar-refractivity contribution < 1.29 is 14.3 Å². The molecule has 0 atom stereocenters. The molecule has 0 radical (unpaired) electrons. The Hall–Kier alpha value is -2.98.